The van der Waals surface area contributed by atoms with Crippen molar-refractivity contribution in [2.45, 2.75) is 57.5 Å². The van der Waals surface area contributed by atoms with E-state index in [1.807, 2.05) is 30.3 Å². The highest BCUT2D eigenvalue weighted by molar-refractivity contribution is 6.35. The highest BCUT2D eigenvalue weighted by Crippen LogP contribution is 2.28. The van der Waals surface area contributed by atoms with Gasteiger partial charge in [0, 0.05) is 34.7 Å². The number of hydrogen-bond acceptors (Lipinski definition) is 3. The van der Waals surface area contributed by atoms with E-state index >= 15 is 0 Å². The molecule has 7 heteroatoms. The van der Waals surface area contributed by atoms with Crippen molar-refractivity contribution in [1.29, 1.82) is 0 Å². The number of benzene rings is 2. The summed E-state index contributed by atoms with van der Waals surface area (Å²) in [5, 5.41) is 7.47. The Morgan fingerprint density at radius 2 is 1.64 bits per heavy atom. The van der Waals surface area contributed by atoms with Crippen LogP contribution in [0.25, 0.3) is 0 Å². The maximum atomic E-state index is 13.1. The molecular weight excluding hydrogens is 457 g/mol. The Morgan fingerprint density at radius 1 is 0.909 bits per heavy atom. The van der Waals surface area contributed by atoms with Crippen LogP contribution in [-0.2, 0) is 11.3 Å². The molecule has 33 heavy (non-hydrogen) atoms. The molecule has 1 saturated carbocycles. The first-order chi connectivity index (χ1) is 16.0. The van der Waals surface area contributed by atoms with Gasteiger partial charge in [-0.2, -0.15) is 0 Å². The van der Waals surface area contributed by atoms with Gasteiger partial charge in [0.1, 0.15) is 0 Å². The SMILES string of the molecule is O=C(NC1CCCCC1)c1ccccc1NC(=O)C1CCCN(Cc2c(Cl)cccc2Cl)C1. The van der Waals surface area contributed by atoms with Crippen molar-refractivity contribution < 1.29 is 9.59 Å². The molecule has 0 radical (unpaired) electrons. The summed E-state index contributed by atoms with van der Waals surface area (Å²) in [6.07, 6.45) is 7.32. The fourth-order valence-electron chi connectivity index (χ4n) is 4.86. The third-order valence-corrected chi connectivity index (χ3v) is 7.40. The van der Waals surface area contributed by atoms with Gasteiger partial charge in [-0.05, 0) is 56.5 Å². The lowest BCUT2D eigenvalue weighted by atomic mass is 9.95. The topological polar surface area (TPSA) is 61.4 Å². The largest absolute Gasteiger partial charge is 0.349 e. The van der Waals surface area contributed by atoms with E-state index in [0.29, 0.717) is 34.4 Å². The molecular formula is C26H31Cl2N3O2. The third kappa shape index (κ3) is 6.28. The number of para-hydroxylation sites is 1. The first-order valence-electron chi connectivity index (χ1n) is 11.9. The maximum absolute atomic E-state index is 13.1. The molecule has 2 N–H and O–H groups in total. The average molecular weight is 488 g/mol. The average Bonchev–Trinajstić information content (AvgIpc) is 2.83. The number of nitrogens with one attached hydrogen (secondary N) is 2. The molecule has 1 saturated heterocycles. The first kappa shape index (κ1) is 24.1. The summed E-state index contributed by atoms with van der Waals surface area (Å²) < 4.78 is 0. The summed E-state index contributed by atoms with van der Waals surface area (Å²) in [6.45, 7) is 2.14. The monoisotopic (exact) mass is 487 g/mol. The van der Waals surface area contributed by atoms with E-state index in [9.17, 15) is 9.59 Å². The molecule has 1 aliphatic carbocycles. The Morgan fingerprint density at radius 3 is 2.39 bits per heavy atom. The highest BCUT2D eigenvalue weighted by Gasteiger charge is 2.28. The van der Waals surface area contributed by atoms with Gasteiger partial charge in [0.05, 0.1) is 17.2 Å². The highest BCUT2D eigenvalue weighted by atomic mass is 35.5. The quantitative estimate of drug-likeness (QED) is 0.532. The van der Waals surface area contributed by atoms with Crippen LogP contribution in [-0.4, -0.2) is 35.8 Å². The van der Waals surface area contributed by atoms with Gasteiger partial charge < -0.3 is 10.6 Å². The zero-order valence-corrected chi connectivity index (χ0v) is 20.3. The Bertz CT molecular complexity index is 971. The van der Waals surface area contributed by atoms with E-state index in [4.69, 9.17) is 23.2 Å². The fraction of sp³-hybridized carbons (Fsp3) is 0.462. The molecule has 1 heterocycles. The summed E-state index contributed by atoms with van der Waals surface area (Å²) in [4.78, 5) is 28.3. The van der Waals surface area contributed by atoms with Gasteiger partial charge in [0.15, 0.2) is 0 Å². The van der Waals surface area contributed by atoms with Crippen LogP contribution >= 0.6 is 23.2 Å². The lowest BCUT2D eigenvalue weighted by Crippen LogP contribution is -2.41. The molecule has 1 aliphatic heterocycles. The first-order valence-corrected chi connectivity index (χ1v) is 12.6. The summed E-state index contributed by atoms with van der Waals surface area (Å²) in [6, 6.07) is 13.0. The third-order valence-electron chi connectivity index (χ3n) is 6.69. The molecule has 4 rings (SSSR count). The lowest BCUT2D eigenvalue weighted by molar-refractivity contribution is -0.121. The Hall–Kier alpha value is -2.08. The number of halogens is 2. The van der Waals surface area contributed by atoms with Gasteiger partial charge in [0.25, 0.3) is 5.91 Å². The molecule has 5 nitrogen and oxygen atoms in total. The minimum Gasteiger partial charge on any atom is -0.349 e. The van der Waals surface area contributed by atoms with Crippen molar-refractivity contribution >= 4 is 40.7 Å². The fourth-order valence-corrected chi connectivity index (χ4v) is 5.37. The molecule has 176 valence electrons. The molecule has 0 bridgehead atoms. The van der Waals surface area contributed by atoms with Gasteiger partial charge in [-0.25, -0.2) is 0 Å². The molecule has 0 aromatic heterocycles. The van der Waals surface area contributed by atoms with Crippen molar-refractivity contribution in [3.05, 3.63) is 63.6 Å². The number of anilines is 1. The molecule has 0 spiro atoms. The molecule has 2 amide bonds. The minimum absolute atomic E-state index is 0.0529. The van der Waals surface area contributed by atoms with E-state index in [1.165, 1.54) is 6.42 Å². The number of amides is 2. The number of nitrogens with zero attached hydrogens (tertiary/aromatic N) is 1. The zero-order chi connectivity index (χ0) is 23.2. The molecule has 1 unspecified atom stereocenters. The molecule has 2 aromatic rings. The van der Waals surface area contributed by atoms with Crippen LogP contribution in [0.15, 0.2) is 42.5 Å². The second-order valence-corrected chi connectivity index (χ2v) is 9.93. The second-order valence-electron chi connectivity index (χ2n) is 9.12. The van der Waals surface area contributed by atoms with Crippen LogP contribution in [0.1, 0.15) is 60.9 Å². The summed E-state index contributed by atoms with van der Waals surface area (Å²) in [5.74, 6) is -0.325. The van der Waals surface area contributed by atoms with E-state index in [1.54, 1.807) is 12.1 Å². The van der Waals surface area contributed by atoms with Crippen molar-refractivity contribution in [3.8, 4) is 0 Å². The number of hydrogen-bond donors (Lipinski definition) is 2. The summed E-state index contributed by atoms with van der Waals surface area (Å²) >= 11 is 12.7. The number of piperidine rings is 1. The van der Waals surface area contributed by atoms with E-state index < -0.39 is 0 Å². The normalized spacial score (nSPS) is 19.8. The second kappa shape index (κ2) is 11.4. The van der Waals surface area contributed by atoms with Crippen LogP contribution in [0.3, 0.4) is 0 Å². The van der Waals surface area contributed by atoms with Crippen molar-refractivity contribution in [2.75, 3.05) is 18.4 Å². The number of likely N-dealkylation sites (tertiary alicyclic amines) is 1. The predicted molar refractivity (Wildman–Crippen MR) is 134 cm³/mol. The van der Waals surface area contributed by atoms with E-state index in [-0.39, 0.29) is 23.8 Å². The zero-order valence-electron chi connectivity index (χ0n) is 18.8. The molecule has 2 aliphatic rings. The summed E-state index contributed by atoms with van der Waals surface area (Å²) in [7, 11) is 0. The number of rotatable bonds is 6. The maximum Gasteiger partial charge on any atom is 0.253 e. The van der Waals surface area contributed by atoms with Crippen LogP contribution < -0.4 is 10.6 Å². The lowest BCUT2D eigenvalue weighted by Gasteiger charge is -2.32. The molecule has 1 atom stereocenters. The van der Waals surface area contributed by atoms with Crippen LogP contribution in [0.5, 0.6) is 0 Å². The smallest absolute Gasteiger partial charge is 0.253 e. The number of carbonyl (C=O) groups is 2. The Kier molecular flexibility index (Phi) is 8.29. The van der Waals surface area contributed by atoms with Crippen LogP contribution in [0, 0.1) is 5.92 Å². The van der Waals surface area contributed by atoms with Crippen molar-refractivity contribution in [1.82, 2.24) is 10.2 Å². The van der Waals surface area contributed by atoms with Gasteiger partial charge in [-0.3, -0.25) is 14.5 Å². The number of carbonyl (C=O) groups excluding carboxylic acids is 2. The van der Waals surface area contributed by atoms with E-state index in [0.717, 1.165) is 50.6 Å². The molecule has 2 fully saturated rings. The minimum atomic E-state index is -0.158. The predicted octanol–water partition coefficient (Wildman–Crippen LogP) is 5.91. The van der Waals surface area contributed by atoms with E-state index in [2.05, 4.69) is 15.5 Å². The summed E-state index contributed by atoms with van der Waals surface area (Å²) in [5.41, 5.74) is 1.99. The van der Waals surface area contributed by atoms with Gasteiger partial charge >= 0.3 is 0 Å². The molecule has 2 aromatic carbocycles. The van der Waals surface area contributed by atoms with Crippen LogP contribution in [0.4, 0.5) is 5.69 Å². The Labute approximate surface area is 205 Å². The Balaban J connectivity index is 1.39. The standard InChI is InChI=1S/C26H31Cl2N3O2/c27-22-12-6-13-23(28)21(22)17-31-15-7-8-18(16-31)25(32)30-24-14-5-4-11-20(24)26(33)29-19-9-2-1-3-10-19/h4-6,11-14,18-19H,1-3,7-10,15-17H2,(H,29,33)(H,30,32). The van der Waals surface area contributed by atoms with Gasteiger partial charge in [0.2, 0.25) is 5.91 Å². The van der Waals surface area contributed by atoms with Crippen molar-refractivity contribution in [2.24, 2.45) is 5.92 Å². The van der Waals surface area contributed by atoms with Gasteiger partial charge in [-0.15, -0.1) is 0 Å². The van der Waals surface area contributed by atoms with Gasteiger partial charge in [-0.1, -0.05) is 60.7 Å². The van der Waals surface area contributed by atoms with Crippen molar-refractivity contribution in [3.63, 3.8) is 0 Å². The van der Waals surface area contributed by atoms with Crippen LogP contribution in [0.2, 0.25) is 10.0 Å².